The summed E-state index contributed by atoms with van der Waals surface area (Å²) in [4.78, 5) is 8.22. The number of anilines is 1. The lowest BCUT2D eigenvalue weighted by Gasteiger charge is -2.31. The summed E-state index contributed by atoms with van der Waals surface area (Å²) in [5.41, 5.74) is 5.61. The average Bonchev–Trinajstić information content (AvgIpc) is 2.20. The highest BCUT2D eigenvalue weighted by atomic mass is 35.5. The van der Waals surface area contributed by atoms with Crippen LogP contribution in [0.2, 0.25) is 5.02 Å². The minimum atomic E-state index is -0.179. The largest absolute Gasteiger partial charge is 0.348 e. The van der Waals surface area contributed by atoms with Gasteiger partial charge in [0.15, 0.2) is 0 Å². The molecule has 0 aliphatic rings. The van der Waals surface area contributed by atoms with E-state index in [1.807, 2.05) is 0 Å². The van der Waals surface area contributed by atoms with Crippen molar-refractivity contribution in [1.29, 1.82) is 0 Å². The first-order valence-electron chi connectivity index (χ1n) is 5.41. The van der Waals surface area contributed by atoms with Crippen LogP contribution < -0.4 is 11.1 Å². The molecule has 1 heterocycles. The molecule has 4 nitrogen and oxygen atoms in total. The van der Waals surface area contributed by atoms with Crippen LogP contribution >= 0.6 is 11.6 Å². The average molecular weight is 243 g/mol. The molecule has 1 unspecified atom stereocenters. The zero-order valence-electron chi connectivity index (χ0n) is 10.00. The Bertz CT molecular complexity index is 325. The van der Waals surface area contributed by atoms with Crippen LogP contribution in [0.5, 0.6) is 0 Å². The van der Waals surface area contributed by atoms with Gasteiger partial charge in [-0.05, 0) is 19.3 Å². The maximum Gasteiger partial charge on any atom is 0.223 e. The maximum atomic E-state index is 5.79. The fraction of sp³-hybridized carbons (Fsp3) is 0.636. The Hall–Kier alpha value is -0.870. The second-order valence-corrected chi connectivity index (χ2v) is 5.15. The van der Waals surface area contributed by atoms with E-state index in [0.717, 1.165) is 6.42 Å². The van der Waals surface area contributed by atoms with E-state index in [-0.39, 0.29) is 5.54 Å². The van der Waals surface area contributed by atoms with Crippen molar-refractivity contribution in [3.63, 3.8) is 0 Å². The van der Waals surface area contributed by atoms with E-state index < -0.39 is 0 Å². The van der Waals surface area contributed by atoms with Crippen LogP contribution in [0.1, 0.15) is 27.2 Å². The van der Waals surface area contributed by atoms with Gasteiger partial charge in [0.05, 0.1) is 17.4 Å². The Labute approximate surface area is 102 Å². The van der Waals surface area contributed by atoms with Crippen LogP contribution in [0.3, 0.4) is 0 Å². The molecule has 90 valence electrons. The van der Waals surface area contributed by atoms with E-state index in [2.05, 4.69) is 36.1 Å². The lowest BCUT2D eigenvalue weighted by molar-refractivity contribution is 0.405. The number of rotatable bonds is 5. The molecule has 3 N–H and O–H groups in total. The lowest BCUT2D eigenvalue weighted by atomic mass is 9.91. The number of hydrogen-bond acceptors (Lipinski definition) is 4. The molecule has 1 atom stereocenters. The Kier molecular flexibility index (Phi) is 4.50. The third-order valence-corrected chi connectivity index (χ3v) is 2.54. The molecule has 1 rings (SSSR count). The zero-order valence-corrected chi connectivity index (χ0v) is 10.8. The molecule has 1 aromatic rings. The van der Waals surface area contributed by atoms with Gasteiger partial charge in [-0.3, -0.25) is 0 Å². The van der Waals surface area contributed by atoms with Crippen molar-refractivity contribution in [1.82, 2.24) is 9.97 Å². The van der Waals surface area contributed by atoms with Crippen molar-refractivity contribution >= 4 is 17.5 Å². The van der Waals surface area contributed by atoms with Crippen molar-refractivity contribution in [3.8, 4) is 0 Å². The molecule has 5 heteroatoms. The molecular formula is C11H19ClN4. The van der Waals surface area contributed by atoms with Gasteiger partial charge < -0.3 is 11.1 Å². The van der Waals surface area contributed by atoms with Gasteiger partial charge in [0.1, 0.15) is 0 Å². The molecular weight excluding hydrogens is 224 g/mol. The molecule has 0 saturated heterocycles. The molecule has 0 amide bonds. The first-order chi connectivity index (χ1) is 7.45. The minimum Gasteiger partial charge on any atom is -0.348 e. The minimum absolute atomic E-state index is 0.179. The van der Waals surface area contributed by atoms with Crippen LogP contribution in [0.15, 0.2) is 12.4 Å². The highest BCUT2D eigenvalue weighted by molar-refractivity contribution is 6.30. The second-order valence-electron chi connectivity index (χ2n) is 4.71. The molecule has 1 aromatic heterocycles. The quantitative estimate of drug-likeness (QED) is 0.832. The van der Waals surface area contributed by atoms with E-state index in [1.165, 1.54) is 0 Å². The van der Waals surface area contributed by atoms with Gasteiger partial charge in [-0.2, -0.15) is 0 Å². The SMILES string of the molecule is CC(C)CC(C)(CN)Nc1ncc(Cl)cn1. The summed E-state index contributed by atoms with van der Waals surface area (Å²) in [6, 6.07) is 0. The van der Waals surface area contributed by atoms with Gasteiger partial charge in [-0.15, -0.1) is 0 Å². The number of hydrogen-bond donors (Lipinski definition) is 2. The third kappa shape index (κ3) is 3.94. The predicted molar refractivity (Wildman–Crippen MR) is 67.6 cm³/mol. The number of halogens is 1. The van der Waals surface area contributed by atoms with Crippen LogP contribution in [0, 0.1) is 5.92 Å². The van der Waals surface area contributed by atoms with Gasteiger partial charge in [0.25, 0.3) is 0 Å². The molecule has 0 fully saturated rings. The predicted octanol–water partition coefficient (Wildman–Crippen LogP) is 2.31. The number of nitrogens with zero attached hydrogens (tertiary/aromatic N) is 2. The van der Waals surface area contributed by atoms with Gasteiger partial charge in [0, 0.05) is 12.1 Å². The van der Waals surface area contributed by atoms with Crippen molar-refractivity contribution in [2.45, 2.75) is 32.7 Å². The summed E-state index contributed by atoms with van der Waals surface area (Å²) < 4.78 is 0. The van der Waals surface area contributed by atoms with Gasteiger partial charge >= 0.3 is 0 Å². The number of aromatic nitrogens is 2. The molecule has 0 aliphatic heterocycles. The van der Waals surface area contributed by atoms with Crippen LogP contribution in [-0.4, -0.2) is 22.1 Å². The summed E-state index contributed by atoms with van der Waals surface area (Å²) in [6.07, 6.45) is 4.11. The second kappa shape index (κ2) is 5.46. The molecule has 0 saturated carbocycles. The Morgan fingerprint density at radius 1 is 1.44 bits per heavy atom. The highest BCUT2D eigenvalue weighted by Crippen LogP contribution is 2.19. The van der Waals surface area contributed by atoms with Gasteiger partial charge in [-0.1, -0.05) is 25.4 Å². The van der Waals surface area contributed by atoms with Crippen LogP contribution in [0.4, 0.5) is 5.95 Å². The van der Waals surface area contributed by atoms with E-state index in [9.17, 15) is 0 Å². The first-order valence-corrected chi connectivity index (χ1v) is 5.79. The highest BCUT2D eigenvalue weighted by Gasteiger charge is 2.24. The lowest BCUT2D eigenvalue weighted by Crippen LogP contribution is -2.44. The molecule has 16 heavy (non-hydrogen) atoms. The third-order valence-electron chi connectivity index (χ3n) is 2.34. The Morgan fingerprint density at radius 2 is 2.00 bits per heavy atom. The summed E-state index contributed by atoms with van der Waals surface area (Å²) in [5, 5.41) is 3.79. The smallest absolute Gasteiger partial charge is 0.223 e. The van der Waals surface area contributed by atoms with E-state index >= 15 is 0 Å². The Balaban J connectivity index is 2.72. The van der Waals surface area contributed by atoms with Crippen molar-refractivity contribution in [2.75, 3.05) is 11.9 Å². The number of nitrogens with one attached hydrogen (secondary N) is 1. The summed E-state index contributed by atoms with van der Waals surface area (Å²) in [7, 11) is 0. The molecule has 0 aromatic carbocycles. The van der Waals surface area contributed by atoms with E-state index in [1.54, 1.807) is 12.4 Å². The Morgan fingerprint density at radius 3 is 2.44 bits per heavy atom. The summed E-state index contributed by atoms with van der Waals surface area (Å²) in [5.74, 6) is 1.13. The summed E-state index contributed by atoms with van der Waals surface area (Å²) >= 11 is 5.72. The van der Waals surface area contributed by atoms with Crippen molar-refractivity contribution in [2.24, 2.45) is 11.7 Å². The van der Waals surface area contributed by atoms with Crippen LogP contribution in [-0.2, 0) is 0 Å². The van der Waals surface area contributed by atoms with Crippen molar-refractivity contribution < 1.29 is 0 Å². The standard InChI is InChI=1S/C11H19ClN4/c1-8(2)4-11(3,7-13)16-10-14-5-9(12)6-15-10/h5-6,8H,4,7,13H2,1-3H3,(H,14,15,16). The van der Waals surface area contributed by atoms with Crippen LogP contribution in [0.25, 0.3) is 0 Å². The van der Waals surface area contributed by atoms with E-state index in [0.29, 0.717) is 23.4 Å². The van der Waals surface area contributed by atoms with Gasteiger partial charge in [-0.25, -0.2) is 9.97 Å². The number of nitrogens with two attached hydrogens (primary N) is 1. The molecule has 0 spiro atoms. The summed E-state index contributed by atoms with van der Waals surface area (Å²) in [6.45, 7) is 6.94. The first kappa shape index (κ1) is 13.2. The van der Waals surface area contributed by atoms with Gasteiger partial charge in [0.2, 0.25) is 5.95 Å². The fourth-order valence-corrected chi connectivity index (χ4v) is 1.83. The monoisotopic (exact) mass is 242 g/mol. The molecule has 0 aliphatic carbocycles. The zero-order chi connectivity index (χ0) is 12.2. The maximum absolute atomic E-state index is 5.79. The normalized spacial score (nSPS) is 14.9. The topological polar surface area (TPSA) is 63.8 Å². The fourth-order valence-electron chi connectivity index (χ4n) is 1.73. The van der Waals surface area contributed by atoms with Crippen molar-refractivity contribution in [3.05, 3.63) is 17.4 Å². The molecule has 0 radical (unpaired) electrons. The van der Waals surface area contributed by atoms with E-state index in [4.69, 9.17) is 17.3 Å². The molecule has 0 bridgehead atoms.